The van der Waals surface area contributed by atoms with Gasteiger partial charge in [-0.1, -0.05) is 0 Å². The number of aromatic nitrogens is 1. The number of rotatable bonds is 3. The Labute approximate surface area is 122 Å². The second-order valence-corrected chi connectivity index (χ2v) is 4.75. The summed E-state index contributed by atoms with van der Waals surface area (Å²) < 4.78 is 0.554. The molecule has 6 nitrogen and oxygen atoms in total. The Morgan fingerprint density at radius 1 is 1.30 bits per heavy atom. The molecule has 1 amide bonds. The summed E-state index contributed by atoms with van der Waals surface area (Å²) in [4.78, 5) is 26.8. The second kappa shape index (κ2) is 5.70. The summed E-state index contributed by atoms with van der Waals surface area (Å²) in [6.45, 7) is 0. The van der Waals surface area contributed by atoms with Crippen LogP contribution in [0.2, 0.25) is 0 Å². The number of nitrogen functional groups attached to an aromatic ring is 1. The van der Waals surface area contributed by atoms with E-state index in [1.54, 1.807) is 12.1 Å². The quantitative estimate of drug-likeness (QED) is 0.747. The monoisotopic (exact) mass is 335 g/mol. The lowest BCUT2D eigenvalue weighted by Gasteiger charge is -2.09. The maximum Gasteiger partial charge on any atom is 0.335 e. The number of nitrogens with one attached hydrogen (secondary N) is 1. The number of hydrogen-bond acceptors (Lipinski definition) is 4. The van der Waals surface area contributed by atoms with Crippen molar-refractivity contribution in [3.63, 3.8) is 0 Å². The van der Waals surface area contributed by atoms with Crippen molar-refractivity contribution in [3.8, 4) is 0 Å². The standard InChI is InChI=1S/C13H10BrN3O3/c14-8-2-1-5-16-11(8)12(18)17-10-4-3-7(13(19)20)6-9(10)15/h1-6H,15H2,(H,17,18)(H,19,20). The lowest BCUT2D eigenvalue weighted by atomic mass is 10.1. The summed E-state index contributed by atoms with van der Waals surface area (Å²) >= 11 is 3.23. The van der Waals surface area contributed by atoms with Crippen molar-refractivity contribution in [3.05, 3.63) is 52.3 Å². The molecule has 0 unspecified atom stereocenters. The summed E-state index contributed by atoms with van der Waals surface area (Å²) in [5, 5.41) is 11.4. The molecule has 7 heteroatoms. The van der Waals surface area contributed by atoms with Gasteiger partial charge in [0.2, 0.25) is 0 Å². The number of pyridine rings is 1. The van der Waals surface area contributed by atoms with Crippen LogP contribution in [-0.2, 0) is 0 Å². The van der Waals surface area contributed by atoms with Gasteiger partial charge in [0.15, 0.2) is 0 Å². The minimum Gasteiger partial charge on any atom is -0.478 e. The van der Waals surface area contributed by atoms with Gasteiger partial charge in [0.25, 0.3) is 5.91 Å². The number of carbonyl (C=O) groups is 2. The average molecular weight is 336 g/mol. The number of anilines is 2. The van der Waals surface area contributed by atoms with Crippen molar-refractivity contribution < 1.29 is 14.7 Å². The highest BCUT2D eigenvalue weighted by Crippen LogP contribution is 2.22. The van der Waals surface area contributed by atoms with Crippen molar-refractivity contribution >= 4 is 39.2 Å². The number of nitrogens with zero attached hydrogens (tertiary/aromatic N) is 1. The number of nitrogens with two attached hydrogens (primary N) is 1. The average Bonchev–Trinajstić information content (AvgIpc) is 2.41. The Kier molecular flexibility index (Phi) is 3.99. The molecule has 2 aromatic rings. The van der Waals surface area contributed by atoms with E-state index >= 15 is 0 Å². The number of carboxylic acids is 1. The van der Waals surface area contributed by atoms with Gasteiger partial charge in [0.05, 0.1) is 16.9 Å². The van der Waals surface area contributed by atoms with Crippen LogP contribution in [0, 0.1) is 0 Å². The summed E-state index contributed by atoms with van der Waals surface area (Å²) in [7, 11) is 0. The van der Waals surface area contributed by atoms with Gasteiger partial charge in [-0.05, 0) is 46.3 Å². The minimum absolute atomic E-state index is 0.0551. The highest BCUT2D eigenvalue weighted by atomic mass is 79.9. The molecule has 4 N–H and O–H groups in total. The molecular formula is C13H10BrN3O3. The molecule has 20 heavy (non-hydrogen) atoms. The zero-order chi connectivity index (χ0) is 14.7. The molecule has 1 heterocycles. The Hall–Kier alpha value is -2.41. The van der Waals surface area contributed by atoms with Crippen LogP contribution in [0.4, 0.5) is 11.4 Å². The van der Waals surface area contributed by atoms with E-state index in [1.165, 1.54) is 24.4 Å². The first-order valence-corrected chi connectivity index (χ1v) is 6.33. The van der Waals surface area contributed by atoms with Crippen LogP contribution in [-0.4, -0.2) is 22.0 Å². The third kappa shape index (κ3) is 2.94. The largest absolute Gasteiger partial charge is 0.478 e. The van der Waals surface area contributed by atoms with Crippen LogP contribution in [0.1, 0.15) is 20.8 Å². The first kappa shape index (κ1) is 14.0. The number of aromatic carboxylic acids is 1. The van der Waals surface area contributed by atoms with E-state index in [4.69, 9.17) is 10.8 Å². The highest BCUT2D eigenvalue weighted by molar-refractivity contribution is 9.10. The van der Waals surface area contributed by atoms with Crippen LogP contribution in [0.25, 0.3) is 0 Å². The Morgan fingerprint density at radius 2 is 2.05 bits per heavy atom. The van der Waals surface area contributed by atoms with Crippen molar-refractivity contribution in [1.82, 2.24) is 4.98 Å². The Balaban J connectivity index is 2.25. The lowest BCUT2D eigenvalue weighted by Crippen LogP contribution is -2.15. The van der Waals surface area contributed by atoms with E-state index in [-0.39, 0.29) is 16.9 Å². The van der Waals surface area contributed by atoms with Crippen molar-refractivity contribution in [2.45, 2.75) is 0 Å². The summed E-state index contributed by atoms with van der Waals surface area (Å²) in [6.07, 6.45) is 1.50. The topological polar surface area (TPSA) is 105 Å². The summed E-state index contributed by atoms with van der Waals surface area (Å²) in [5.74, 6) is -1.52. The van der Waals surface area contributed by atoms with Crippen LogP contribution in [0.5, 0.6) is 0 Å². The maximum absolute atomic E-state index is 12.0. The number of halogens is 1. The molecule has 0 spiro atoms. The number of carboxylic acid groups (broad SMARTS) is 1. The Morgan fingerprint density at radius 3 is 2.65 bits per heavy atom. The van der Waals surface area contributed by atoms with E-state index in [0.717, 1.165) is 0 Å². The molecule has 0 radical (unpaired) electrons. The second-order valence-electron chi connectivity index (χ2n) is 3.90. The number of hydrogen-bond donors (Lipinski definition) is 3. The third-order valence-electron chi connectivity index (χ3n) is 2.52. The molecule has 0 aliphatic carbocycles. The molecule has 0 aliphatic heterocycles. The molecular weight excluding hydrogens is 326 g/mol. The zero-order valence-electron chi connectivity index (χ0n) is 10.1. The van der Waals surface area contributed by atoms with E-state index in [2.05, 4.69) is 26.2 Å². The molecule has 0 fully saturated rings. The van der Waals surface area contributed by atoms with Gasteiger partial charge in [-0.3, -0.25) is 4.79 Å². The smallest absolute Gasteiger partial charge is 0.335 e. The predicted octanol–water partition coefficient (Wildman–Crippen LogP) is 2.38. The van der Waals surface area contributed by atoms with Crippen LogP contribution < -0.4 is 11.1 Å². The first-order chi connectivity index (χ1) is 9.49. The predicted molar refractivity (Wildman–Crippen MR) is 77.7 cm³/mol. The summed E-state index contributed by atoms with van der Waals surface area (Å²) in [5.41, 5.74) is 6.49. The zero-order valence-corrected chi connectivity index (χ0v) is 11.7. The highest BCUT2D eigenvalue weighted by Gasteiger charge is 2.13. The molecule has 0 saturated heterocycles. The minimum atomic E-state index is -1.08. The molecule has 0 atom stereocenters. The number of carbonyl (C=O) groups excluding carboxylic acids is 1. The summed E-state index contributed by atoms with van der Waals surface area (Å²) in [6, 6.07) is 7.47. The molecule has 0 bridgehead atoms. The van der Waals surface area contributed by atoms with Crippen molar-refractivity contribution in [2.75, 3.05) is 11.1 Å². The SMILES string of the molecule is Nc1cc(C(=O)O)ccc1NC(=O)c1ncccc1Br. The van der Waals surface area contributed by atoms with Gasteiger partial charge in [0.1, 0.15) is 5.69 Å². The molecule has 0 aliphatic rings. The normalized spacial score (nSPS) is 10.1. The fourth-order valence-corrected chi connectivity index (χ4v) is 1.98. The van der Waals surface area contributed by atoms with Gasteiger partial charge in [-0.2, -0.15) is 0 Å². The molecule has 1 aromatic carbocycles. The van der Waals surface area contributed by atoms with Crippen LogP contribution >= 0.6 is 15.9 Å². The lowest BCUT2D eigenvalue weighted by molar-refractivity contribution is 0.0697. The fraction of sp³-hybridized carbons (Fsp3) is 0. The Bertz CT molecular complexity index is 688. The van der Waals surface area contributed by atoms with Crippen molar-refractivity contribution in [1.29, 1.82) is 0 Å². The van der Waals surface area contributed by atoms with Crippen LogP contribution in [0.3, 0.4) is 0 Å². The molecule has 0 saturated carbocycles. The number of benzene rings is 1. The van der Waals surface area contributed by atoms with E-state index in [9.17, 15) is 9.59 Å². The van der Waals surface area contributed by atoms with E-state index < -0.39 is 11.9 Å². The molecule has 1 aromatic heterocycles. The van der Waals surface area contributed by atoms with E-state index in [1.807, 2.05) is 0 Å². The maximum atomic E-state index is 12.0. The number of amides is 1. The van der Waals surface area contributed by atoms with Crippen LogP contribution in [0.15, 0.2) is 41.0 Å². The van der Waals surface area contributed by atoms with Gasteiger partial charge in [0, 0.05) is 10.7 Å². The van der Waals surface area contributed by atoms with Gasteiger partial charge in [-0.25, -0.2) is 9.78 Å². The third-order valence-corrected chi connectivity index (χ3v) is 3.16. The van der Waals surface area contributed by atoms with Gasteiger partial charge in [-0.15, -0.1) is 0 Å². The molecule has 2 rings (SSSR count). The fourth-order valence-electron chi connectivity index (χ4n) is 1.54. The van der Waals surface area contributed by atoms with Crippen molar-refractivity contribution in [2.24, 2.45) is 0 Å². The van der Waals surface area contributed by atoms with Gasteiger partial charge >= 0.3 is 5.97 Å². The molecule has 102 valence electrons. The first-order valence-electron chi connectivity index (χ1n) is 5.53. The van der Waals surface area contributed by atoms with E-state index in [0.29, 0.717) is 10.2 Å². The van der Waals surface area contributed by atoms with Gasteiger partial charge < -0.3 is 16.2 Å².